The normalized spacial score (nSPS) is 13.7. The van der Waals surface area contributed by atoms with Crippen molar-refractivity contribution in [2.24, 2.45) is 5.41 Å². The van der Waals surface area contributed by atoms with Gasteiger partial charge in [0.25, 0.3) is 0 Å². The summed E-state index contributed by atoms with van der Waals surface area (Å²) in [6.45, 7) is 3.87. The summed E-state index contributed by atoms with van der Waals surface area (Å²) in [5.41, 5.74) is -0.273. The fraction of sp³-hybridized carbons (Fsp3) is 0.562. The lowest BCUT2D eigenvalue weighted by molar-refractivity contribution is -0.157. The van der Waals surface area contributed by atoms with Gasteiger partial charge in [-0.2, -0.15) is 13.2 Å². The van der Waals surface area contributed by atoms with E-state index in [0.717, 1.165) is 0 Å². The Bertz CT molecular complexity index is 472. The van der Waals surface area contributed by atoms with Gasteiger partial charge in [-0.15, -0.1) is 0 Å². The summed E-state index contributed by atoms with van der Waals surface area (Å²) in [5.74, 6) is -2.45. The monoisotopic (exact) mass is 317 g/mol. The van der Waals surface area contributed by atoms with Crippen LogP contribution in [-0.4, -0.2) is 30.3 Å². The highest BCUT2D eigenvalue weighted by Gasteiger charge is 2.41. The summed E-state index contributed by atoms with van der Waals surface area (Å²) in [7, 11) is 0. The third kappa shape index (κ3) is 6.05. The Morgan fingerprint density at radius 2 is 1.82 bits per heavy atom. The van der Waals surface area contributed by atoms with E-state index in [0.29, 0.717) is 6.42 Å². The Balaban J connectivity index is 2.70. The van der Waals surface area contributed by atoms with Crippen LogP contribution in [0, 0.1) is 5.41 Å². The zero-order valence-electron chi connectivity index (χ0n) is 12.8. The van der Waals surface area contributed by atoms with Crippen LogP contribution in [0.5, 0.6) is 0 Å². The fourth-order valence-corrected chi connectivity index (χ4v) is 2.09. The second kappa shape index (κ2) is 7.63. The molecule has 1 unspecified atom stereocenters. The average molecular weight is 317 g/mol. The van der Waals surface area contributed by atoms with Gasteiger partial charge in [0.15, 0.2) is 0 Å². The maximum Gasteiger partial charge on any atom is 0.396 e. The largest absolute Gasteiger partial charge is 0.396 e. The number of carbonyl (C=O) groups is 1. The van der Waals surface area contributed by atoms with Gasteiger partial charge >= 0.3 is 6.18 Å². The van der Waals surface area contributed by atoms with E-state index in [1.807, 2.05) is 13.8 Å². The standard InChI is InChI=1S/C16H22F3NO2/c1-15(2,8-9-21)11-20-14(22)10-13(16(17,18)19)12-6-4-3-5-7-12/h3-7,13,21H,8-11H2,1-2H3,(H,20,22). The van der Waals surface area contributed by atoms with Crippen molar-refractivity contribution in [3.8, 4) is 0 Å². The Hall–Kier alpha value is -1.56. The molecular formula is C16H22F3NO2. The first-order valence-electron chi connectivity index (χ1n) is 7.15. The van der Waals surface area contributed by atoms with Crippen LogP contribution in [0.3, 0.4) is 0 Å². The highest BCUT2D eigenvalue weighted by atomic mass is 19.4. The first-order valence-corrected chi connectivity index (χ1v) is 7.15. The van der Waals surface area contributed by atoms with Crippen LogP contribution < -0.4 is 5.32 Å². The van der Waals surface area contributed by atoms with E-state index in [1.54, 1.807) is 6.07 Å². The number of rotatable bonds is 7. The van der Waals surface area contributed by atoms with E-state index < -0.39 is 24.4 Å². The molecule has 0 saturated heterocycles. The predicted octanol–water partition coefficient (Wildman–Crippen LogP) is 3.25. The second-order valence-electron chi connectivity index (χ2n) is 6.12. The highest BCUT2D eigenvalue weighted by molar-refractivity contribution is 5.77. The van der Waals surface area contributed by atoms with Gasteiger partial charge in [-0.3, -0.25) is 4.79 Å². The van der Waals surface area contributed by atoms with Crippen LogP contribution in [0.25, 0.3) is 0 Å². The molecule has 1 amide bonds. The summed E-state index contributed by atoms with van der Waals surface area (Å²) in [5, 5.41) is 11.4. The molecule has 0 spiro atoms. The van der Waals surface area contributed by atoms with Gasteiger partial charge in [0, 0.05) is 19.6 Å². The molecule has 0 aliphatic rings. The molecule has 0 heterocycles. The Kier molecular flexibility index (Phi) is 6.41. The van der Waals surface area contributed by atoms with Crippen molar-refractivity contribution in [3.63, 3.8) is 0 Å². The zero-order chi connectivity index (χ0) is 16.8. The third-order valence-electron chi connectivity index (χ3n) is 3.54. The van der Waals surface area contributed by atoms with E-state index in [1.165, 1.54) is 24.3 Å². The van der Waals surface area contributed by atoms with Gasteiger partial charge < -0.3 is 10.4 Å². The number of amides is 1. The minimum absolute atomic E-state index is 0.0297. The molecule has 0 fully saturated rings. The summed E-state index contributed by atoms with van der Waals surface area (Å²) in [6, 6.07) is 7.43. The fourth-order valence-electron chi connectivity index (χ4n) is 2.09. The lowest BCUT2D eigenvalue weighted by atomic mass is 9.89. The molecule has 1 atom stereocenters. The van der Waals surface area contributed by atoms with Crippen LogP contribution in [0.1, 0.15) is 38.2 Å². The van der Waals surface area contributed by atoms with E-state index >= 15 is 0 Å². The van der Waals surface area contributed by atoms with Gasteiger partial charge in [-0.25, -0.2) is 0 Å². The molecule has 2 N–H and O–H groups in total. The van der Waals surface area contributed by atoms with Crippen molar-refractivity contribution in [2.75, 3.05) is 13.2 Å². The van der Waals surface area contributed by atoms with Gasteiger partial charge in [0.05, 0.1) is 5.92 Å². The molecule has 22 heavy (non-hydrogen) atoms. The van der Waals surface area contributed by atoms with Crippen molar-refractivity contribution in [1.82, 2.24) is 5.32 Å². The number of hydrogen-bond donors (Lipinski definition) is 2. The molecule has 1 aromatic carbocycles. The number of nitrogens with one attached hydrogen (secondary N) is 1. The summed E-state index contributed by atoms with van der Waals surface area (Å²) in [6.07, 6.45) is -4.64. The summed E-state index contributed by atoms with van der Waals surface area (Å²) < 4.78 is 39.4. The Morgan fingerprint density at radius 3 is 2.32 bits per heavy atom. The van der Waals surface area contributed by atoms with Gasteiger partial charge in [-0.1, -0.05) is 44.2 Å². The SMILES string of the molecule is CC(C)(CCO)CNC(=O)CC(c1ccccc1)C(F)(F)F. The van der Waals surface area contributed by atoms with Crippen LogP contribution in [0.15, 0.2) is 30.3 Å². The number of hydrogen-bond acceptors (Lipinski definition) is 2. The minimum Gasteiger partial charge on any atom is -0.396 e. The van der Waals surface area contributed by atoms with Crippen molar-refractivity contribution in [2.45, 2.75) is 38.8 Å². The molecule has 1 aromatic rings. The summed E-state index contributed by atoms with van der Waals surface area (Å²) in [4.78, 5) is 11.9. The Morgan fingerprint density at radius 1 is 1.23 bits per heavy atom. The lowest BCUT2D eigenvalue weighted by Gasteiger charge is -2.25. The molecule has 1 rings (SSSR count). The zero-order valence-corrected chi connectivity index (χ0v) is 12.8. The minimum atomic E-state index is -4.47. The quantitative estimate of drug-likeness (QED) is 0.811. The molecule has 6 heteroatoms. The van der Waals surface area contributed by atoms with Gasteiger partial charge in [0.2, 0.25) is 5.91 Å². The van der Waals surface area contributed by atoms with Crippen molar-refractivity contribution >= 4 is 5.91 Å². The van der Waals surface area contributed by atoms with E-state index in [2.05, 4.69) is 5.32 Å². The van der Waals surface area contributed by atoms with E-state index in [-0.39, 0.29) is 24.1 Å². The topological polar surface area (TPSA) is 49.3 Å². The number of aliphatic hydroxyl groups excluding tert-OH is 1. The number of benzene rings is 1. The third-order valence-corrected chi connectivity index (χ3v) is 3.54. The highest BCUT2D eigenvalue weighted by Crippen LogP contribution is 2.37. The smallest absolute Gasteiger partial charge is 0.396 e. The molecule has 0 radical (unpaired) electrons. The Labute approximate surface area is 128 Å². The molecule has 3 nitrogen and oxygen atoms in total. The second-order valence-corrected chi connectivity index (χ2v) is 6.12. The van der Waals surface area contributed by atoms with Crippen LogP contribution in [0.4, 0.5) is 13.2 Å². The number of halogens is 3. The molecule has 0 aromatic heterocycles. The maximum atomic E-state index is 13.1. The number of carbonyl (C=O) groups excluding carboxylic acids is 1. The van der Waals surface area contributed by atoms with Crippen LogP contribution in [-0.2, 0) is 4.79 Å². The van der Waals surface area contributed by atoms with E-state index in [4.69, 9.17) is 5.11 Å². The predicted molar refractivity (Wildman–Crippen MR) is 78.3 cm³/mol. The van der Waals surface area contributed by atoms with Crippen LogP contribution in [0.2, 0.25) is 0 Å². The molecule has 124 valence electrons. The van der Waals surface area contributed by atoms with Crippen molar-refractivity contribution in [3.05, 3.63) is 35.9 Å². The van der Waals surface area contributed by atoms with Crippen molar-refractivity contribution in [1.29, 1.82) is 0 Å². The van der Waals surface area contributed by atoms with E-state index in [9.17, 15) is 18.0 Å². The van der Waals surface area contributed by atoms with Crippen LogP contribution >= 0.6 is 0 Å². The number of aliphatic hydroxyl groups is 1. The molecular weight excluding hydrogens is 295 g/mol. The lowest BCUT2D eigenvalue weighted by Crippen LogP contribution is -2.36. The first-order chi connectivity index (χ1) is 10.2. The molecule has 0 bridgehead atoms. The molecule has 0 aliphatic heterocycles. The average Bonchev–Trinajstić information content (AvgIpc) is 2.42. The number of alkyl halides is 3. The van der Waals surface area contributed by atoms with Crippen molar-refractivity contribution < 1.29 is 23.1 Å². The maximum absolute atomic E-state index is 13.1. The first kappa shape index (κ1) is 18.5. The van der Waals surface area contributed by atoms with Gasteiger partial charge in [-0.05, 0) is 17.4 Å². The van der Waals surface area contributed by atoms with Gasteiger partial charge in [0.1, 0.15) is 0 Å². The summed E-state index contributed by atoms with van der Waals surface area (Å²) >= 11 is 0. The molecule has 0 aliphatic carbocycles. The molecule has 0 saturated carbocycles.